The van der Waals surface area contributed by atoms with E-state index in [9.17, 15) is 22.4 Å². The lowest BCUT2D eigenvalue weighted by Gasteiger charge is -2.08. The van der Waals surface area contributed by atoms with E-state index in [0.29, 0.717) is 0 Å². The Morgan fingerprint density at radius 2 is 1.74 bits per heavy atom. The predicted molar refractivity (Wildman–Crippen MR) is 74.4 cm³/mol. The quantitative estimate of drug-likeness (QED) is 0.450. The molecular formula is C14H11Cl2F4NO2. The van der Waals surface area contributed by atoms with Crippen LogP contribution in [-0.2, 0) is 16.1 Å². The molecule has 126 valence electrons. The van der Waals surface area contributed by atoms with Gasteiger partial charge in [-0.1, -0.05) is 37.0 Å². The van der Waals surface area contributed by atoms with E-state index in [1.54, 1.807) is 13.8 Å². The standard InChI is InChI=1S/C14H11Cl2F4NO2/c1-14(2)6(3-7(15)16)8(14)13(22)23-4-5-9(17)11(19)21-12(20)10(5)18/h3,6,8H,4H2,1-2H3/t6-,8-/m0/s1. The molecule has 0 bridgehead atoms. The summed E-state index contributed by atoms with van der Waals surface area (Å²) in [4.78, 5) is 14.4. The molecule has 1 aromatic rings. The molecule has 0 radical (unpaired) electrons. The third-order valence-electron chi connectivity index (χ3n) is 3.92. The maximum absolute atomic E-state index is 13.4. The molecule has 2 rings (SSSR count). The fourth-order valence-electron chi connectivity index (χ4n) is 2.46. The number of carbonyl (C=O) groups excluding carboxylic acids is 1. The fourth-order valence-corrected chi connectivity index (χ4v) is 2.74. The summed E-state index contributed by atoms with van der Waals surface area (Å²) in [5, 5.41) is 0. The molecule has 1 fully saturated rings. The third kappa shape index (κ3) is 3.45. The molecule has 0 spiro atoms. The number of allylic oxidation sites excluding steroid dienone is 1. The minimum Gasteiger partial charge on any atom is -0.460 e. The van der Waals surface area contributed by atoms with E-state index in [1.165, 1.54) is 6.08 Å². The van der Waals surface area contributed by atoms with Gasteiger partial charge in [0.05, 0.1) is 11.5 Å². The topological polar surface area (TPSA) is 39.2 Å². The third-order valence-corrected chi connectivity index (χ3v) is 4.17. The molecule has 0 aromatic carbocycles. The summed E-state index contributed by atoms with van der Waals surface area (Å²) in [6.45, 7) is 2.55. The van der Waals surface area contributed by atoms with Gasteiger partial charge in [0.2, 0.25) is 0 Å². The van der Waals surface area contributed by atoms with E-state index < -0.39 is 53.0 Å². The van der Waals surface area contributed by atoms with E-state index in [2.05, 4.69) is 4.98 Å². The number of aromatic nitrogens is 1. The normalized spacial score (nSPS) is 21.7. The van der Waals surface area contributed by atoms with Crippen molar-refractivity contribution in [3.8, 4) is 0 Å². The Hall–Kier alpha value is -1.34. The van der Waals surface area contributed by atoms with Crippen molar-refractivity contribution >= 4 is 29.2 Å². The molecule has 3 nitrogen and oxygen atoms in total. The Morgan fingerprint density at radius 3 is 2.22 bits per heavy atom. The molecule has 1 saturated carbocycles. The SMILES string of the molecule is CC1(C)[C@H](C(=O)OCc2c(F)c(F)nc(F)c2F)[C@@H]1C=C(Cl)Cl. The van der Waals surface area contributed by atoms with E-state index in [-0.39, 0.29) is 10.4 Å². The Morgan fingerprint density at radius 1 is 1.22 bits per heavy atom. The van der Waals surface area contributed by atoms with Crippen molar-refractivity contribution < 1.29 is 27.1 Å². The van der Waals surface area contributed by atoms with Crippen LogP contribution < -0.4 is 0 Å². The summed E-state index contributed by atoms with van der Waals surface area (Å²) in [7, 11) is 0. The number of hydrogen-bond donors (Lipinski definition) is 0. The largest absolute Gasteiger partial charge is 0.460 e. The summed E-state index contributed by atoms with van der Waals surface area (Å²) >= 11 is 11.1. The van der Waals surface area contributed by atoms with Crippen LogP contribution >= 0.6 is 23.2 Å². The molecule has 0 aliphatic heterocycles. The number of nitrogens with zero attached hydrogens (tertiary/aromatic N) is 1. The van der Waals surface area contributed by atoms with Gasteiger partial charge in [0.1, 0.15) is 11.1 Å². The van der Waals surface area contributed by atoms with Crippen LogP contribution in [0, 0.1) is 40.8 Å². The van der Waals surface area contributed by atoms with Crippen LogP contribution in [0.25, 0.3) is 0 Å². The lowest BCUT2D eigenvalue weighted by atomic mass is 10.1. The highest BCUT2D eigenvalue weighted by Gasteiger charge is 2.61. The molecule has 1 aromatic heterocycles. The van der Waals surface area contributed by atoms with E-state index in [0.717, 1.165) is 0 Å². The minimum atomic E-state index is -1.81. The van der Waals surface area contributed by atoms with E-state index in [4.69, 9.17) is 27.9 Å². The maximum atomic E-state index is 13.4. The highest BCUT2D eigenvalue weighted by Crippen LogP contribution is 2.60. The zero-order valence-corrected chi connectivity index (χ0v) is 13.5. The van der Waals surface area contributed by atoms with Crippen molar-refractivity contribution in [2.45, 2.75) is 20.5 Å². The first-order chi connectivity index (χ1) is 10.6. The number of esters is 1. The van der Waals surface area contributed by atoms with Gasteiger partial charge >= 0.3 is 5.97 Å². The smallest absolute Gasteiger partial charge is 0.310 e. The summed E-state index contributed by atoms with van der Waals surface area (Å²) in [5.74, 6) is -8.73. The summed E-state index contributed by atoms with van der Waals surface area (Å²) in [5.41, 5.74) is -1.54. The molecule has 23 heavy (non-hydrogen) atoms. The minimum absolute atomic E-state index is 0.0197. The van der Waals surface area contributed by atoms with Crippen molar-refractivity contribution in [2.75, 3.05) is 0 Å². The molecule has 1 heterocycles. The highest BCUT2D eigenvalue weighted by atomic mass is 35.5. The first kappa shape index (κ1) is 18.0. The van der Waals surface area contributed by atoms with E-state index in [1.807, 2.05) is 0 Å². The van der Waals surface area contributed by atoms with Crippen LogP contribution in [0.3, 0.4) is 0 Å². The average Bonchev–Trinajstić information content (AvgIpc) is 2.96. The molecule has 0 saturated heterocycles. The van der Waals surface area contributed by atoms with Crippen LogP contribution in [0.15, 0.2) is 10.6 Å². The van der Waals surface area contributed by atoms with Gasteiger partial charge in [-0.25, -0.2) is 8.78 Å². The van der Waals surface area contributed by atoms with Crippen LogP contribution in [0.4, 0.5) is 17.6 Å². The van der Waals surface area contributed by atoms with Gasteiger partial charge in [-0.3, -0.25) is 4.79 Å². The second-order valence-corrected chi connectivity index (χ2v) is 6.70. The maximum Gasteiger partial charge on any atom is 0.310 e. The summed E-state index contributed by atoms with van der Waals surface area (Å²) < 4.78 is 57.6. The Bertz CT molecular complexity index is 664. The van der Waals surface area contributed by atoms with Crippen LogP contribution in [0.2, 0.25) is 0 Å². The molecule has 0 amide bonds. The summed E-state index contributed by atoms with van der Waals surface area (Å²) in [6.07, 6.45) is 1.46. The molecule has 0 unspecified atom stereocenters. The van der Waals surface area contributed by atoms with Gasteiger partial charge in [0.15, 0.2) is 11.6 Å². The number of carbonyl (C=O) groups is 1. The van der Waals surface area contributed by atoms with Crippen LogP contribution in [0.1, 0.15) is 19.4 Å². The van der Waals surface area contributed by atoms with Crippen LogP contribution in [0.5, 0.6) is 0 Å². The average molecular weight is 372 g/mol. The first-order valence-corrected chi connectivity index (χ1v) is 7.21. The molecule has 9 heteroatoms. The van der Waals surface area contributed by atoms with Crippen molar-refractivity contribution in [1.82, 2.24) is 4.98 Å². The van der Waals surface area contributed by atoms with Gasteiger partial charge < -0.3 is 4.74 Å². The van der Waals surface area contributed by atoms with Gasteiger partial charge in [-0.15, -0.1) is 0 Å². The second kappa shape index (κ2) is 6.28. The predicted octanol–water partition coefficient (Wildman–Crippen LogP) is 4.27. The monoisotopic (exact) mass is 371 g/mol. The van der Waals surface area contributed by atoms with E-state index >= 15 is 0 Å². The molecular weight excluding hydrogens is 361 g/mol. The Labute approximate surface area is 139 Å². The van der Waals surface area contributed by atoms with Crippen molar-refractivity contribution in [3.63, 3.8) is 0 Å². The zero-order valence-electron chi connectivity index (χ0n) is 12.0. The lowest BCUT2D eigenvalue weighted by Crippen LogP contribution is -2.14. The number of ether oxygens (including phenoxy) is 1. The van der Waals surface area contributed by atoms with Gasteiger partial charge in [-0.05, 0) is 17.4 Å². The number of pyridine rings is 1. The number of halogens is 6. The number of hydrogen-bond acceptors (Lipinski definition) is 3. The van der Waals surface area contributed by atoms with Crippen molar-refractivity contribution in [2.24, 2.45) is 17.3 Å². The van der Waals surface area contributed by atoms with Gasteiger partial charge in [0.25, 0.3) is 11.9 Å². The first-order valence-electron chi connectivity index (χ1n) is 6.45. The zero-order chi connectivity index (χ0) is 17.5. The molecule has 0 N–H and O–H groups in total. The van der Waals surface area contributed by atoms with Crippen molar-refractivity contribution in [1.29, 1.82) is 0 Å². The lowest BCUT2D eigenvalue weighted by molar-refractivity contribution is -0.147. The Balaban J connectivity index is 2.11. The number of rotatable bonds is 4. The molecule has 1 aliphatic carbocycles. The molecule has 2 atom stereocenters. The van der Waals surface area contributed by atoms with Crippen molar-refractivity contribution in [3.05, 3.63) is 39.7 Å². The molecule has 1 aliphatic rings. The van der Waals surface area contributed by atoms with Gasteiger partial charge in [-0.2, -0.15) is 13.8 Å². The van der Waals surface area contributed by atoms with Crippen LogP contribution in [-0.4, -0.2) is 11.0 Å². The van der Waals surface area contributed by atoms with Gasteiger partial charge in [0, 0.05) is 0 Å². The fraction of sp³-hybridized carbons (Fsp3) is 0.429. The Kier molecular flexibility index (Phi) is 4.92. The summed E-state index contributed by atoms with van der Waals surface area (Å²) in [6, 6.07) is 0. The highest BCUT2D eigenvalue weighted by molar-refractivity contribution is 6.55. The second-order valence-electron chi connectivity index (χ2n) is 5.69.